The van der Waals surface area contributed by atoms with E-state index in [2.05, 4.69) is 18.0 Å². The van der Waals surface area contributed by atoms with Crippen LogP contribution in [-0.4, -0.2) is 10.1 Å². The highest BCUT2D eigenvalue weighted by atomic mass is 32.1. The van der Waals surface area contributed by atoms with Crippen LogP contribution in [0.1, 0.15) is 28.5 Å². The fourth-order valence-electron chi connectivity index (χ4n) is 1.65. The first-order valence-corrected chi connectivity index (χ1v) is 6.25. The third-order valence-electron chi connectivity index (χ3n) is 2.56. The lowest BCUT2D eigenvalue weighted by Gasteiger charge is -2.08. The third-order valence-corrected chi connectivity index (χ3v) is 3.44. The molecule has 0 amide bonds. The second kappa shape index (κ2) is 5.23. The number of hydrogen-bond donors (Lipinski definition) is 1. The van der Waals surface area contributed by atoms with Crippen molar-refractivity contribution in [2.24, 2.45) is 0 Å². The Morgan fingerprint density at radius 2 is 2.38 bits per heavy atom. The molecular formula is C13H15NOS. The van der Waals surface area contributed by atoms with Gasteiger partial charge in [0.25, 0.3) is 0 Å². The van der Waals surface area contributed by atoms with Crippen molar-refractivity contribution in [1.29, 1.82) is 0 Å². The molecule has 1 unspecified atom stereocenters. The van der Waals surface area contributed by atoms with E-state index in [9.17, 15) is 5.11 Å². The summed E-state index contributed by atoms with van der Waals surface area (Å²) in [7, 11) is 0. The molecule has 0 aromatic carbocycles. The normalized spacial score (nSPS) is 12.6. The highest BCUT2D eigenvalue weighted by Gasteiger charge is 2.09. The van der Waals surface area contributed by atoms with Crippen molar-refractivity contribution >= 4 is 11.3 Å². The maximum atomic E-state index is 9.98. The van der Waals surface area contributed by atoms with Gasteiger partial charge in [-0.1, -0.05) is 6.07 Å². The molecule has 3 heteroatoms. The minimum atomic E-state index is -0.356. The minimum absolute atomic E-state index is 0.356. The first-order valence-electron chi connectivity index (χ1n) is 5.37. The zero-order chi connectivity index (χ0) is 11.4. The second-order valence-electron chi connectivity index (χ2n) is 3.91. The fraction of sp³-hybridized carbons (Fsp3) is 0.308. The molecule has 0 radical (unpaired) electrons. The maximum absolute atomic E-state index is 9.98. The van der Waals surface area contributed by atoms with Crippen molar-refractivity contribution in [3.05, 3.63) is 52.0 Å². The molecule has 0 aliphatic heterocycles. The number of hydrogen-bond acceptors (Lipinski definition) is 3. The van der Waals surface area contributed by atoms with Crippen molar-refractivity contribution in [2.75, 3.05) is 0 Å². The molecule has 2 heterocycles. The molecule has 16 heavy (non-hydrogen) atoms. The van der Waals surface area contributed by atoms with Gasteiger partial charge in [0, 0.05) is 17.3 Å². The standard InChI is InChI=1S/C13H15NOS/c1-10-7-12(9-16-10)13(15)5-4-11-3-2-6-14-8-11/h2-3,6-9,13,15H,4-5H2,1H3. The van der Waals surface area contributed by atoms with Crippen molar-refractivity contribution in [2.45, 2.75) is 25.9 Å². The van der Waals surface area contributed by atoms with E-state index in [1.54, 1.807) is 17.5 Å². The van der Waals surface area contributed by atoms with Gasteiger partial charge in [0.15, 0.2) is 0 Å². The highest BCUT2D eigenvalue weighted by Crippen LogP contribution is 2.23. The Morgan fingerprint density at radius 3 is 3.00 bits per heavy atom. The van der Waals surface area contributed by atoms with Crippen LogP contribution in [0.25, 0.3) is 0 Å². The Kier molecular flexibility index (Phi) is 3.70. The van der Waals surface area contributed by atoms with Crippen LogP contribution in [0.3, 0.4) is 0 Å². The summed E-state index contributed by atoms with van der Waals surface area (Å²) in [6.07, 6.45) is 4.88. The number of aliphatic hydroxyl groups is 1. The molecule has 2 nitrogen and oxygen atoms in total. The van der Waals surface area contributed by atoms with E-state index in [1.807, 2.05) is 23.7 Å². The summed E-state index contributed by atoms with van der Waals surface area (Å²) in [5.74, 6) is 0. The molecule has 2 aromatic rings. The number of pyridine rings is 1. The molecule has 2 aromatic heterocycles. The summed E-state index contributed by atoms with van der Waals surface area (Å²) in [5.41, 5.74) is 2.21. The van der Waals surface area contributed by atoms with Gasteiger partial charge in [-0.2, -0.15) is 0 Å². The van der Waals surface area contributed by atoms with Gasteiger partial charge in [-0.3, -0.25) is 4.98 Å². The van der Waals surface area contributed by atoms with Gasteiger partial charge in [-0.25, -0.2) is 0 Å². The van der Waals surface area contributed by atoms with Crippen LogP contribution in [0, 0.1) is 6.92 Å². The zero-order valence-electron chi connectivity index (χ0n) is 9.26. The molecule has 0 aliphatic carbocycles. The quantitative estimate of drug-likeness (QED) is 0.880. The summed E-state index contributed by atoms with van der Waals surface area (Å²) in [4.78, 5) is 5.31. The monoisotopic (exact) mass is 233 g/mol. The molecule has 84 valence electrons. The van der Waals surface area contributed by atoms with Crippen LogP contribution in [0.4, 0.5) is 0 Å². The molecule has 0 saturated carbocycles. The van der Waals surface area contributed by atoms with Crippen LogP contribution in [0.15, 0.2) is 36.0 Å². The maximum Gasteiger partial charge on any atom is 0.0801 e. The summed E-state index contributed by atoms with van der Waals surface area (Å²) in [5, 5.41) is 12.0. The first-order chi connectivity index (χ1) is 7.75. The van der Waals surface area contributed by atoms with Crippen molar-refractivity contribution in [1.82, 2.24) is 4.98 Å². The van der Waals surface area contributed by atoms with Crippen LogP contribution < -0.4 is 0 Å². The SMILES string of the molecule is Cc1cc(C(O)CCc2cccnc2)cs1. The van der Waals surface area contributed by atoms with E-state index in [1.165, 1.54) is 10.4 Å². The molecule has 2 rings (SSSR count). The third kappa shape index (κ3) is 2.90. The van der Waals surface area contributed by atoms with Gasteiger partial charge in [-0.05, 0) is 48.4 Å². The molecule has 0 aliphatic rings. The average molecular weight is 233 g/mol. The van der Waals surface area contributed by atoms with Crippen molar-refractivity contribution < 1.29 is 5.11 Å². The number of aryl methyl sites for hydroxylation is 2. The topological polar surface area (TPSA) is 33.1 Å². The number of aromatic nitrogens is 1. The number of aliphatic hydroxyl groups excluding tert-OH is 1. The van der Waals surface area contributed by atoms with Crippen LogP contribution >= 0.6 is 11.3 Å². The molecule has 1 N–H and O–H groups in total. The molecule has 0 spiro atoms. The van der Waals surface area contributed by atoms with Gasteiger partial charge in [-0.15, -0.1) is 11.3 Å². The number of thiophene rings is 1. The molecular weight excluding hydrogens is 218 g/mol. The largest absolute Gasteiger partial charge is 0.388 e. The van der Waals surface area contributed by atoms with E-state index in [-0.39, 0.29) is 6.10 Å². The Labute approximate surface area is 99.6 Å². The number of nitrogens with zero attached hydrogens (tertiary/aromatic N) is 1. The van der Waals surface area contributed by atoms with E-state index < -0.39 is 0 Å². The highest BCUT2D eigenvalue weighted by molar-refractivity contribution is 7.10. The average Bonchev–Trinajstić information content (AvgIpc) is 2.74. The predicted octanol–water partition coefficient (Wildman–Crippen LogP) is 3.12. The van der Waals surface area contributed by atoms with Crippen molar-refractivity contribution in [3.8, 4) is 0 Å². The minimum Gasteiger partial charge on any atom is -0.388 e. The van der Waals surface area contributed by atoms with Gasteiger partial charge >= 0.3 is 0 Å². The number of rotatable bonds is 4. The summed E-state index contributed by atoms with van der Waals surface area (Å²) < 4.78 is 0. The Bertz CT molecular complexity index is 438. The van der Waals surface area contributed by atoms with Crippen molar-refractivity contribution in [3.63, 3.8) is 0 Å². The smallest absolute Gasteiger partial charge is 0.0801 e. The first kappa shape index (κ1) is 11.3. The summed E-state index contributed by atoms with van der Waals surface area (Å²) in [6.45, 7) is 2.06. The van der Waals surface area contributed by atoms with Gasteiger partial charge < -0.3 is 5.11 Å². The summed E-state index contributed by atoms with van der Waals surface area (Å²) in [6, 6.07) is 6.02. The van der Waals surface area contributed by atoms with Gasteiger partial charge in [0.05, 0.1) is 6.10 Å². The molecule has 0 fully saturated rings. The Balaban J connectivity index is 1.91. The zero-order valence-corrected chi connectivity index (χ0v) is 10.1. The van der Waals surface area contributed by atoms with Crippen LogP contribution in [0.5, 0.6) is 0 Å². The lowest BCUT2D eigenvalue weighted by molar-refractivity contribution is 0.168. The lowest BCUT2D eigenvalue weighted by Crippen LogP contribution is -1.98. The lowest BCUT2D eigenvalue weighted by atomic mass is 10.0. The van der Waals surface area contributed by atoms with E-state index in [0.717, 1.165) is 18.4 Å². The van der Waals surface area contributed by atoms with E-state index in [0.29, 0.717) is 0 Å². The second-order valence-corrected chi connectivity index (χ2v) is 5.02. The Morgan fingerprint density at radius 1 is 1.50 bits per heavy atom. The molecule has 1 atom stereocenters. The van der Waals surface area contributed by atoms with Gasteiger partial charge in [0.1, 0.15) is 0 Å². The summed E-state index contributed by atoms with van der Waals surface area (Å²) >= 11 is 1.68. The predicted molar refractivity (Wildman–Crippen MR) is 66.6 cm³/mol. The van der Waals surface area contributed by atoms with Gasteiger partial charge in [0.2, 0.25) is 0 Å². The van der Waals surface area contributed by atoms with E-state index >= 15 is 0 Å². The fourth-order valence-corrected chi connectivity index (χ4v) is 2.41. The Hall–Kier alpha value is -1.19. The van der Waals surface area contributed by atoms with E-state index in [4.69, 9.17) is 0 Å². The molecule has 0 saturated heterocycles. The van der Waals surface area contributed by atoms with Crippen LogP contribution in [-0.2, 0) is 6.42 Å². The van der Waals surface area contributed by atoms with Crippen LogP contribution in [0.2, 0.25) is 0 Å². The molecule has 0 bridgehead atoms.